The number of benzene rings is 2. The van der Waals surface area contributed by atoms with Gasteiger partial charge in [0.1, 0.15) is 22.8 Å². The zero-order valence-electron chi connectivity index (χ0n) is 19.3. The first-order valence-electron chi connectivity index (χ1n) is 10.8. The highest BCUT2D eigenvalue weighted by Crippen LogP contribution is 2.44. The molecule has 2 aromatic heterocycles. The first-order chi connectivity index (χ1) is 16.9. The number of methoxy groups -OCH3 is 2. The molecule has 1 aliphatic heterocycles. The van der Waals surface area contributed by atoms with Gasteiger partial charge in [0.2, 0.25) is 5.95 Å². The van der Waals surface area contributed by atoms with Crippen molar-refractivity contribution in [2.75, 3.05) is 19.1 Å². The number of pyridine rings is 1. The first kappa shape index (κ1) is 22.1. The van der Waals surface area contributed by atoms with Crippen molar-refractivity contribution in [1.82, 2.24) is 15.0 Å². The number of hydrogen-bond acceptors (Lipinski definition) is 7. The van der Waals surface area contributed by atoms with E-state index in [0.717, 1.165) is 11.1 Å². The van der Waals surface area contributed by atoms with Crippen molar-refractivity contribution in [3.63, 3.8) is 0 Å². The van der Waals surface area contributed by atoms with Crippen LogP contribution in [0.25, 0.3) is 16.8 Å². The van der Waals surface area contributed by atoms with Crippen LogP contribution in [0.15, 0.2) is 66.5 Å². The van der Waals surface area contributed by atoms with Crippen LogP contribution in [0.2, 0.25) is 0 Å². The standard InChI is InChI=1S/C26H22N4O5/c1-14-7-8-16-17(13-14)29-26(28-16)30-22(15-9-11-27-12-10-15)21(24(32)25(30)33)23(31)20-18(34-2)5-4-6-19(20)35-3/h4-13,22,31H,1-3H3,(H,28,29)/b23-21+. The van der Waals surface area contributed by atoms with Crippen molar-refractivity contribution in [3.05, 3.63) is 83.2 Å². The van der Waals surface area contributed by atoms with Gasteiger partial charge >= 0.3 is 5.91 Å². The number of nitrogens with zero attached hydrogens (tertiary/aromatic N) is 3. The number of anilines is 1. The maximum atomic E-state index is 13.4. The highest BCUT2D eigenvalue weighted by Gasteiger charge is 2.48. The van der Waals surface area contributed by atoms with Crippen molar-refractivity contribution in [3.8, 4) is 11.5 Å². The van der Waals surface area contributed by atoms with Gasteiger partial charge < -0.3 is 19.6 Å². The Balaban J connectivity index is 1.77. The molecule has 1 aliphatic rings. The quantitative estimate of drug-likeness (QED) is 0.258. The average Bonchev–Trinajstić information content (AvgIpc) is 3.41. The van der Waals surface area contributed by atoms with E-state index >= 15 is 0 Å². The Labute approximate surface area is 200 Å². The van der Waals surface area contributed by atoms with Crippen LogP contribution < -0.4 is 14.4 Å². The van der Waals surface area contributed by atoms with Gasteiger partial charge in [-0.15, -0.1) is 0 Å². The number of carbonyl (C=O) groups is 2. The molecular formula is C26H22N4O5. The largest absolute Gasteiger partial charge is 0.506 e. The van der Waals surface area contributed by atoms with Crippen molar-refractivity contribution < 1.29 is 24.2 Å². The van der Waals surface area contributed by atoms with Crippen molar-refractivity contribution in [2.45, 2.75) is 13.0 Å². The summed E-state index contributed by atoms with van der Waals surface area (Å²) in [6.07, 6.45) is 3.11. The summed E-state index contributed by atoms with van der Waals surface area (Å²) in [5.74, 6) is -1.30. The highest BCUT2D eigenvalue weighted by atomic mass is 16.5. The summed E-state index contributed by atoms with van der Waals surface area (Å²) in [6.45, 7) is 1.95. The number of nitrogens with one attached hydrogen (secondary N) is 1. The molecule has 1 saturated heterocycles. The molecule has 1 unspecified atom stereocenters. The maximum Gasteiger partial charge on any atom is 0.302 e. The van der Waals surface area contributed by atoms with E-state index in [-0.39, 0.29) is 17.1 Å². The highest BCUT2D eigenvalue weighted by molar-refractivity contribution is 6.51. The summed E-state index contributed by atoms with van der Waals surface area (Å²) in [7, 11) is 2.89. The number of rotatable bonds is 5. The molecule has 0 saturated carbocycles. The number of aliphatic hydroxyl groups excluding tert-OH is 1. The zero-order chi connectivity index (χ0) is 24.7. The smallest absolute Gasteiger partial charge is 0.302 e. The van der Waals surface area contributed by atoms with Gasteiger partial charge in [0.15, 0.2) is 0 Å². The van der Waals surface area contributed by atoms with E-state index in [1.54, 1.807) is 42.7 Å². The van der Waals surface area contributed by atoms with Gasteiger partial charge in [-0.05, 0) is 54.4 Å². The minimum absolute atomic E-state index is 0.111. The van der Waals surface area contributed by atoms with Crippen LogP contribution >= 0.6 is 0 Å². The number of hydrogen-bond donors (Lipinski definition) is 2. The Morgan fingerprint density at radius 3 is 2.37 bits per heavy atom. The van der Waals surface area contributed by atoms with Crippen LogP contribution in [0.3, 0.4) is 0 Å². The molecule has 0 aliphatic carbocycles. The predicted octanol–water partition coefficient (Wildman–Crippen LogP) is 3.91. The molecule has 2 N–H and O–H groups in total. The molecule has 5 rings (SSSR count). The minimum Gasteiger partial charge on any atom is -0.506 e. The number of amides is 1. The Hall–Kier alpha value is -4.66. The molecule has 176 valence electrons. The van der Waals surface area contributed by atoms with Crippen LogP contribution in [0.4, 0.5) is 5.95 Å². The lowest BCUT2D eigenvalue weighted by Crippen LogP contribution is -2.30. The van der Waals surface area contributed by atoms with Gasteiger partial charge in [0.25, 0.3) is 5.78 Å². The molecule has 1 fully saturated rings. The molecule has 1 atom stereocenters. The lowest BCUT2D eigenvalue weighted by atomic mass is 9.95. The number of carbonyl (C=O) groups excluding carboxylic acids is 2. The number of ketones is 1. The minimum atomic E-state index is -0.964. The van der Waals surface area contributed by atoms with Crippen molar-refractivity contribution in [1.29, 1.82) is 0 Å². The summed E-state index contributed by atoms with van der Waals surface area (Å²) >= 11 is 0. The number of aromatic nitrogens is 3. The third-order valence-electron chi connectivity index (χ3n) is 5.98. The fraction of sp³-hybridized carbons (Fsp3) is 0.154. The Morgan fingerprint density at radius 2 is 1.71 bits per heavy atom. The second kappa shape index (κ2) is 8.60. The number of aromatic amines is 1. The van der Waals surface area contributed by atoms with Gasteiger partial charge in [0, 0.05) is 12.4 Å². The molecule has 3 heterocycles. The SMILES string of the molecule is COc1cccc(OC)c1/C(O)=C1\C(=O)C(=O)N(c2nc3ccc(C)cc3[nH]2)C1c1ccncc1. The van der Waals surface area contributed by atoms with E-state index in [4.69, 9.17) is 9.47 Å². The summed E-state index contributed by atoms with van der Waals surface area (Å²) in [5, 5.41) is 11.5. The number of Topliss-reactive ketones (excluding diaryl/α,β-unsaturated/α-hetero) is 1. The zero-order valence-corrected chi connectivity index (χ0v) is 19.3. The van der Waals surface area contributed by atoms with Crippen LogP contribution in [-0.2, 0) is 9.59 Å². The van der Waals surface area contributed by atoms with E-state index in [9.17, 15) is 14.7 Å². The summed E-state index contributed by atoms with van der Waals surface area (Å²) < 4.78 is 10.8. The van der Waals surface area contributed by atoms with Crippen LogP contribution in [0.5, 0.6) is 11.5 Å². The fourth-order valence-electron chi connectivity index (χ4n) is 4.36. The van der Waals surface area contributed by atoms with Gasteiger partial charge in [-0.3, -0.25) is 19.5 Å². The molecular weight excluding hydrogens is 448 g/mol. The van der Waals surface area contributed by atoms with E-state index in [2.05, 4.69) is 15.0 Å². The van der Waals surface area contributed by atoms with E-state index in [0.29, 0.717) is 22.6 Å². The lowest BCUT2D eigenvalue weighted by Gasteiger charge is -2.23. The number of aryl methyl sites for hydroxylation is 1. The number of H-pyrrole nitrogens is 1. The van der Waals surface area contributed by atoms with Gasteiger partial charge in [0.05, 0.1) is 36.9 Å². The Morgan fingerprint density at radius 1 is 1.03 bits per heavy atom. The second-order valence-electron chi connectivity index (χ2n) is 8.07. The molecule has 0 spiro atoms. The number of ether oxygens (including phenoxy) is 2. The lowest BCUT2D eigenvalue weighted by molar-refractivity contribution is -0.132. The van der Waals surface area contributed by atoms with Gasteiger partial charge in [-0.1, -0.05) is 12.1 Å². The first-order valence-corrected chi connectivity index (χ1v) is 10.8. The second-order valence-corrected chi connectivity index (χ2v) is 8.07. The van der Waals surface area contributed by atoms with Crippen molar-refractivity contribution in [2.24, 2.45) is 0 Å². The molecule has 35 heavy (non-hydrogen) atoms. The van der Waals surface area contributed by atoms with Gasteiger partial charge in [-0.25, -0.2) is 4.98 Å². The van der Waals surface area contributed by atoms with Gasteiger partial charge in [-0.2, -0.15) is 0 Å². The predicted molar refractivity (Wildman–Crippen MR) is 129 cm³/mol. The Bertz CT molecular complexity index is 1470. The summed E-state index contributed by atoms with van der Waals surface area (Å²) in [6, 6.07) is 13.0. The third-order valence-corrected chi connectivity index (χ3v) is 5.98. The Kier molecular flexibility index (Phi) is 5.44. The molecule has 0 radical (unpaired) electrons. The normalized spacial score (nSPS) is 17.2. The molecule has 9 nitrogen and oxygen atoms in total. The number of imidazole rings is 1. The molecule has 0 bridgehead atoms. The van der Waals surface area contributed by atoms with Crippen LogP contribution in [0, 0.1) is 6.92 Å². The molecule has 4 aromatic rings. The monoisotopic (exact) mass is 470 g/mol. The van der Waals surface area contributed by atoms with E-state index in [1.807, 2.05) is 25.1 Å². The molecule has 9 heteroatoms. The molecule has 1 amide bonds. The topological polar surface area (TPSA) is 118 Å². The molecule has 2 aromatic carbocycles. The van der Waals surface area contributed by atoms with E-state index < -0.39 is 23.5 Å². The number of fused-ring (bicyclic) bond motifs is 1. The van der Waals surface area contributed by atoms with Crippen molar-refractivity contribution >= 4 is 34.4 Å². The van der Waals surface area contributed by atoms with E-state index in [1.165, 1.54) is 19.1 Å². The third kappa shape index (κ3) is 3.57. The average molecular weight is 470 g/mol. The summed E-state index contributed by atoms with van der Waals surface area (Å²) in [4.78, 5) is 39.8. The fourth-order valence-corrected chi connectivity index (χ4v) is 4.36. The van der Waals surface area contributed by atoms with Crippen LogP contribution in [-0.4, -0.2) is 46.0 Å². The summed E-state index contributed by atoms with van der Waals surface area (Å²) in [5.41, 5.74) is 3.03. The maximum absolute atomic E-state index is 13.4. The number of aliphatic hydroxyl groups is 1. The van der Waals surface area contributed by atoms with Crippen LogP contribution in [0.1, 0.15) is 22.7 Å².